The number of carbonyl (C=O) groups is 1. The van der Waals surface area contributed by atoms with Gasteiger partial charge in [-0.1, -0.05) is 43.0 Å². The van der Waals surface area contributed by atoms with Gasteiger partial charge in [0.05, 0.1) is 17.2 Å². The predicted molar refractivity (Wildman–Crippen MR) is 75.7 cm³/mol. The van der Waals surface area contributed by atoms with Crippen LogP contribution >= 0.6 is 23.2 Å². The van der Waals surface area contributed by atoms with E-state index in [9.17, 15) is 4.79 Å². The maximum Gasteiger partial charge on any atom is 0.339 e. The molecule has 1 saturated carbocycles. The molecule has 0 aromatic carbocycles. The lowest BCUT2D eigenvalue weighted by molar-refractivity contribution is 0.0390. The third-order valence-electron chi connectivity index (χ3n) is 3.54. The predicted octanol–water partition coefficient (Wildman–Crippen LogP) is 4.37. The molecule has 19 heavy (non-hydrogen) atoms. The van der Waals surface area contributed by atoms with Gasteiger partial charge in [-0.25, -0.2) is 9.78 Å². The Morgan fingerprint density at radius 1 is 1.47 bits per heavy atom. The van der Waals surface area contributed by atoms with Gasteiger partial charge in [0.2, 0.25) is 0 Å². The number of hydrogen-bond donors (Lipinski definition) is 0. The monoisotopic (exact) mass is 301 g/mol. The number of halogens is 2. The molecule has 3 nitrogen and oxygen atoms in total. The van der Waals surface area contributed by atoms with E-state index in [0.717, 1.165) is 18.8 Å². The number of nitrogens with zero attached hydrogens (tertiary/aromatic N) is 1. The Balaban J connectivity index is 1.92. The second-order valence-corrected chi connectivity index (χ2v) is 6.02. The quantitative estimate of drug-likeness (QED) is 0.614. The summed E-state index contributed by atoms with van der Waals surface area (Å²) in [5.41, 5.74) is 0.283. The smallest absolute Gasteiger partial charge is 0.339 e. The molecule has 5 heteroatoms. The standard InChI is InChI=1S/C14H17Cl2NO2/c1-9-3-2-4-10(5-9)8-19-14(18)11-6-13(16)17-7-12(11)15/h6-7,9-10H,2-5,8H2,1H3. The highest BCUT2D eigenvalue weighted by Crippen LogP contribution is 2.29. The number of aromatic nitrogens is 1. The lowest BCUT2D eigenvalue weighted by atomic mass is 9.83. The van der Waals surface area contributed by atoms with Crippen molar-refractivity contribution in [2.24, 2.45) is 11.8 Å². The maximum atomic E-state index is 11.9. The van der Waals surface area contributed by atoms with Gasteiger partial charge >= 0.3 is 5.97 Å². The minimum absolute atomic E-state index is 0.239. The van der Waals surface area contributed by atoms with Gasteiger partial charge in [-0.15, -0.1) is 0 Å². The Morgan fingerprint density at radius 3 is 3.00 bits per heavy atom. The molecule has 1 aromatic rings. The van der Waals surface area contributed by atoms with Gasteiger partial charge in [0.15, 0.2) is 0 Å². The van der Waals surface area contributed by atoms with Crippen LogP contribution in [0.4, 0.5) is 0 Å². The largest absolute Gasteiger partial charge is 0.462 e. The van der Waals surface area contributed by atoms with Gasteiger partial charge in [0.25, 0.3) is 0 Å². The van der Waals surface area contributed by atoms with Gasteiger partial charge in [-0.2, -0.15) is 0 Å². The Bertz CT molecular complexity index is 465. The molecule has 0 spiro atoms. The van der Waals surface area contributed by atoms with Crippen LogP contribution in [-0.2, 0) is 4.74 Å². The number of pyridine rings is 1. The van der Waals surface area contributed by atoms with Crippen LogP contribution in [0, 0.1) is 11.8 Å². The fourth-order valence-electron chi connectivity index (χ4n) is 2.55. The highest BCUT2D eigenvalue weighted by molar-refractivity contribution is 6.34. The molecule has 0 radical (unpaired) electrons. The third kappa shape index (κ3) is 4.08. The molecule has 0 amide bonds. The summed E-state index contributed by atoms with van der Waals surface area (Å²) in [5.74, 6) is 0.757. The minimum atomic E-state index is -0.424. The third-order valence-corrected chi connectivity index (χ3v) is 4.04. The first kappa shape index (κ1) is 14.6. The van der Waals surface area contributed by atoms with Crippen LogP contribution in [0.15, 0.2) is 12.3 Å². The molecule has 0 bridgehead atoms. The zero-order chi connectivity index (χ0) is 13.8. The molecule has 1 fully saturated rings. The first-order valence-corrected chi connectivity index (χ1v) is 7.30. The molecule has 104 valence electrons. The van der Waals surface area contributed by atoms with Crippen molar-refractivity contribution >= 4 is 29.2 Å². The molecule has 0 saturated heterocycles. The molecule has 2 rings (SSSR count). The zero-order valence-electron chi connectivity index (χ0n) is 10.9. The van der Waals surface area contributed by atoms with E-state index in [0.29, 0.717) is 12.5 Å². The maximum absolute atomic E-state index is 11.9. The summed E-state index contributed by atoms with van der Waals surface area (Å²) in [4.78, 5) is 15.8. The van der Waals surface area contributed by atoms with Gasteiger partial charge in [0, 0.05) is 6.20 Å². The number of hydrogen-bond acceptors (Lipinski definition) is 3. The molecule has 0 aliphatic heterocycles. The van der Waals surface area contributed by atoms with Crippen LogP contribution in [0.1, 0.15) is 43.0 Å². The average molecular weight is 302 g/mol. The fraction of sp³-hybridized carbons (Fsp3) is 0.571. The Hall–Kier alpha value is -0.800. The van der Waals surface area contributed by atoms with Crippen LogP contribution in [-0.4, -0.2) is 17.6 Å². The highest BCUT2D eigenvalue weighted by atomic mass is 35.5. The summed E-state index contributed by atoms with van der Waals surface area (Å²) in [6, 6.07) is 1.44. The average Bonchev–Trinajstić information content (AvgIpc) is 2.39. The zero-order valence-corrected chi connectivity index (χ0v) is 12.4. The second-order valence-electron chi connectivity index (χ2n) is 5.22. The van der Waals surface area contributed by atoms with Gasteiger partial charge in [-0.05, 0) is 30.7 Å². The van der Waals surface area contributed by atoms with E-state index in [1.807, 2.05) is 0 Å². The first-order chi connectivity index (χ1) is 9.06. The van der Waals surface area contributed by atoms with Crippen molar-refractivity contribution in [2.75, 3.05) is 6.61 Å². The van der Waals surface area contributed by atoms with Crippen LogP contribution in [0.3, 0.4) is 0 Å². The normalized spacial score (nSPS) is 23.1. The van der Waals surface area contributed by atoms with Gasteiger partial charge in [-0.3, -0.25) is 0 Å². The number of rotatable bonds is 3. The van der Waals surface area contributed by atoms with Gasteiger partial charge in [0.1, 0.15) is 5.15 Å². The number of ether oxygens (including phenoxy) is 1. The van der Waals surface area contributed by atoms with E-state index in [4.69, 9.17) is 27.9 Å². The molecular weight excluding hydrogens is 285 g/mol. The Morgan fingerprint density at radius 2 is 2.26 bits per heavy atom. The highest BCUT2D eigenvalue weighted by Gasteiger charge is 2.21. The lowest BCUT2D eigenvalue weighted by Crippen LogP contribution is -2.20. The summed E-state index contributed by atoms with van der Waals surface area (Å²) in [7, 11) is 0. The van der Waals surface area contributed by atoms with Gasteiger partial charge < -0.3 is 4.74 Å². The minimum Gasteiger partial charge on any atom is -0.462 e. The number of carbonyl (C=O) groups excluding carboxylic acids is 1. The van der Waals surface area contributed by atoms with Crippen LogP contribution in [0.5, 0.6) is 0 Å². The van der Waals surface area contributed by atoms with E-state index < -0.39 is 5.97 Å². The van der Waals surface area contributed by atoms with Crippen LogP contribution in [0.25, 0.3) is 0 Å². The summed E-state index contributed by atoms with van der Waals surface area (Å²) in [5, 5.41) is 0.508. The van der Waals surface area contributed by atoms with Crippen molar-refractivity contribution in [1.82, 2.24) is 4.98 Å². The molecule has 2 atom stereocenters. The molecular formula is C14H17Cl2NO2. The van der Waals surface area contributed by atoms with Crippen molar-refractivity contribution in [3.8, 4) is 0 Å². The van der Waals surface area contributed by atoms with Crippen molar-refractivity contribution in [2.45, 2.75) is 32.6 Å². The van der Waals surface area contributed by atoms with Crippen LogP contribution in [0.2, 0.25) is 10.2 Å². The van der Waals surface area contributed by atoms with Crippen molar-refractivity contribution < 1.29 is 9.53 Å². The topological polar surface area (TPSA) is 39.2 Å². The van der Waals surface area contributed by atoms with Crippen molar-refractivity contribution in [1.29, 1.82) is 0 Å². The lowest BCUT2D eigenvalue weighted by Gasteiger charge is -2.26. The summed E-state index contributed by atoms with van der Waals surface area (Å²) < 4.78 is 5.34. The summed E-state index contributed by atoms with van der Waals surface area (Å²) in [6.07, 6.45) is 6.10. The molecule has 1 aromatic heterocycles. The van der Waals surface area contributed by atoms with Crippen LogP contribution < -0.4 is 0 Å². The van der Waals surface area contributed by atoms with Crippen molar-refractivity contribution in [3.63, 3.8) is 0 Å². The SMILES string of the molecule is CC1CCCC(COC(=O)c2cc(Cl)ncc2Cl)C1. The van der Waals surface area contributed by atoms with E-state index in [2.05, 4.69) is 11.9 Å². The first-order valence-electron chi connectivity index (χ1n) is 6.54. The fourth-order valence-corrected chi connectivity index (χ4v) is 2.89. The molecule has 1 aliphatic carbocycles. The second kappa shape index (κ2) is 6.58. The van der Waals surface area contributed by atoms with E-state index >= 15 is 0 Å². The Kier molecular flexibility index (Phi) is 5.06. The number of esters is 1. The van der Waals surface area contributed by atoms with E-state index in [1.165, 1.54) is 25.1 Å². The van der Waals surface area contributed by atoms with E-state index in [1.54, 1.807) is 0 Å². The molecule has 0 N–H and O–H groups in total. The van der Waals surface area contributed by atoms with Crippen molar-refractivity contribution in [3.05, 3.63) is 28.0 Å². The summed E-state index contributed by atoms with van der Waals surface area (Å²) in [6.45, 7) is 2.70. The molecule has 1 aliphatic rings. The molecule has 2 unspecified atom stereocenters. The Labute approximate surface area is 123 Å². The van der Waals surface area contributed by atoms with E-state index in [-0.39, 0.29) is 15.7 Å². The molecule has 1 heterocycles. The summed E-state index contributed by atoms with van der Waals surface area (Å²) >= 11 is 11.7.